The van der Waals surface area contributed by atoms with Gasteiger partial charge in [0.2, 0.25) is 0 Å². The summed E-state index contributed by atoms with van der Waals surface area (Å²) in [4.78, 5) is 46.8. The van der Waals surface area contributed by atoms with Crippen molar-refractivity contribution in [3.05, 3.63) is 89.1 Å². The first-order chi connectivity index (χ1) is 18.5. The summed E-state index contributed by atoms with van der Waals surface area (Å²) in [5.41, 5.74) is 3.68. The van der Waals surface area contributed by atoms with Crippen molar-refractivity contribution in [2.45, 2.75) is 18.5 Å². The predicted octanol–water partition coefficient (Wildman–Crippen LogP) is 4.45. The molecule has 192 valence electrons. The highest BCUT2D eigenvalue weighted by molar-refractivity contribution is 6.23. The highest BCUT2D eigenvalue weighted by Crippen LogP contribution is 2.47. The highest BCUT2D eigenvalue weighted by atomic mass is 16.5. The average Bonchev–Trinajstić information content (AvgIpc) is 3.45. The zero-order valence-corrected chi connectivity index (χ0v) is 21.1. The van der Waals surface area contributed by atoms with Crippen LogP contribution < -0.4 is 14.4 Å². The van der Waals surface area contributed by atoms with Gasteiger partial charge < -0.3 is 19.2 Å². The number of aromatic amines is 1. The fourth-order valence-corrected chi connectivity index (χ4v) is 5.63. The number of rotatable bonds is 5. The van der Waals surface area contributed by atoms with Crippen LogP contribution in [0, 0.1) is 0 Å². The number of aromatic nitrogens is 1. The normalized spacial score (nSPS) is 18.4. The van der Waals surface area contributed by atoms with E-state index in [1.165, 1.54) is 13.2 Å². The van der Waals surface area contributed by atoms with Gasteiger partial charge in [0.05, 0.1) is 32.6 Å². The van der Waals surface area contributed by atoms with Crippen molar-refractivity contribution in [1.29, 1.82) is 0 Å². The minimum Gasteiger partial charge on any atom is -0.497 e. The number of hydrogen-bond acceptors (Lipinski definition) is 6. The van der Waals surface area contributed by atoms with E-state index >= 15 is 0 Å². The summed E-state index contributed by atoms with van der Waals surface area (Å²) in [6.45, 7) is 0. The summed E-state index contributed by atoms with van der Waals surface area (Å²) in [6.07, 6.45) is 0.323. The molecular formula is C29H25N3O6. The van der Waals surface area contributed by atoms with Crippen molar-refractivity contribution in [1.82, 2.24) is 9.88 Å². The number of urea groups is 1. The van der Waals surface area contributed by atoms with Crippen LogP contribution in [0.1, 0.15) is 33.2 Å². The highest BCUT2D eigenvalue weighted by Gasteiger charge is 2.54. The average molecular weight is 512 g/mol. The van der Waals surface area contributed by atoms with Crippen molar-refractivity contribution < 1.29 is 28.6 Å². The Balaban J connectivity index is 1.58. The van der Waals surface area contributed by atoms with Gasteiger partial charge in [-0.15, -0.1) is 0 Å². The van der Waals surface area contributed by atoms with Gasteiger partial charge in [0.15, 0.2) is 0 Å². The summed E-state index contributed by atoms with van der Waals surface area (Å²) >= 11 is 0. The molecule has 1 N–H and O–H groups in total. The molecule has 0 radical (unpaired) electrons. The maximum atomic E-state index is 14.2. The number of nitrogens with zero attached hydrogens (tertiary/aromatic N) is 2. The first-order valence-corrected chi connectivity index (χ1v) is 12.1. The largest absolute Gasteiger partial charge is 0.497 e. The second-order valence-electron chi connectivity index (χ2n) is 9.17. The van der Waals surface area contributed by atoms with E-state index in [2.05, 4.69) is 4.98 Å². The smallest absolute Gasteiger partial charge is 0.339 e. The maximum Gasteiger partial charge on any atom is 0.339 e. The van der Waals surface area contributed by atoms with Gasteiger partial charge in [-0.2, -0.15) is 0 Å². The van der Waals surface area contributed by atoms with E-state index in [1.54, 1.807) is 49.5 Å². The molecule has 3 amide bonds. The Bertz CT molecular complexity index is 1610. The second kappa shape index (κ2) is 8.95. The van der Waals surface area contributed by atoms with Crippen LogP contribution in [0.25, 0.3) is 10.9 Å². The lowest BCUT2D eigenvalue weighted by molar-refractivity contribution is -0.120. The fraction of sp³-hybridized carbons (Fsp3) is 0.207. The van der Waals surface area contributed by atoms with E-state index in [9.17, 15) is 14.4 Å². The second-order valence-corrected chi connectivity index (χ2v) is 9.17. The van der Waals surface area contributed by atoms with Crippen molar-refractivity contribution in [2.75, 3.05) is 26.2 Å². The zero-order chi connectivity index (χ0) is 26.6. The number of nitrogens with one attached hydrogen (secondary N) is 1. The number of H-pyrrole nitrogens is 1. The number of benzene rings is 3. The Hall–Kier alpha value is -4.79. The van der Waals surface area contributed by atoms with Gasteiger partial charge in [0, 0.05) is 28.6 Å². The number of anilines is 1. The van der Waals surface area contributed by atoms with E-state index in [0.717, 1.165) is 27.1 Å². The lowest BCUT2D eigenvalue weighted by Crippen LogP contribution is -2.44. The lowest BCUT2D eigenvalue weighted by Gasteiger charge is -2.36. The number of para-hydroxylation sites is 2. The minimum atomic E-state index is -0.791. The molecule has 6 rings (SSSR count). The standard InChI is InChI=1S/C29H25N3O6/c1-36-16-12-13-24(37-2)20(14-16)26-25-19(17-8-4-6-10-21(17)30-25)15-23-27(33)32(29(35)31(23)26)22-11-7-5-9-18(22)28(34)38-3/h4-14,23,26,30H,15H2,1-3H3/t23-,26+/m0/s1. The number of methoxy groups -OCH3 is 3. The monoisotopic (exact) mass is 511 g/mol. The van der Waals surface area contributed by atoms with E-state index in [4.69, 9.17) is 14.2 Å². The van der Waals surface area contributed by atoms with Crippen LogP contribution in [0.2, 0.25) is 0 Å². The molecule has 0 aliphatic carbocycles. The summed E-state index contributed by atoms with van der Waals surface area (Å²) in [5, 5.41) is 0.989. The molecule has 0 spiro atoms. The van der Waals surface area contributed by atoms with Crippen LogP contribution in [0.3, 0.4) is 0 Å². The number of fused-ring (bicyclic) bond motifs is 4. The van der Waals surface area contributed by atoms with Gasteiger partial charge in [-0.25, -0.2) is 14.5 Å². The van der Waals surface area contributed by atoms with Crippen LogP contribution >= 0.6 is 0 Å². The summed E-state index contributed by atoms with van der Waals surface area (Å²) in [6, 6.07) is 17.7. The van der Waals surface area contributed by atoms with Crippen molar-refractivity contribution >= 4 is 34.5 Å². The predicted molar refractivity (Wildman–Crippen MR) is 140 cm³/mol. The SMILES string of the molecule is COC(=O)c1ccccc1N1C(=O)[C@@H]2Cc3c([nH]c4ccccc34)[C@@H](c3cc(OC)ccc3OC)N2C1=O. The van der Waals surface area contributed by atoms with E-state index < -0.39 is 30.0 Å². The molecule has 38 heavy (non-hydrogen) atoms. The number of carbonyl (C=O) groups is 3. The lowest BCUT2D eigenvalue weighted by atomic mass is 9.88. The molecule has 1 saturated heterocycles. The molecule has 9 heteroatoms. The third kappa shape index (κ3) is 3.35. The van der Waals surface area contributed by atoms with Crippen molar-refractivity contribution in [3.63, 3.8) is 0 Å². The molecule has 3 heterocycles. The first-order valence-electron chi connectivity index (χ1n) is 12.1. The first kappa shape index (κ1) is 23.6. The molecule has 9 nitrogen and oxygen atoms in total. The zero-order valence-electron chi connectivity index (χ0n) is 21.1. The number of imide groups is 1. The Morgan fingerprint density at radius 3 is 2.47 bits per heavy atom. The molecular weight excluding hydrogens is 486 g/mol. The van der Waals surface area contributed by atoms with Crippen LogP contribution in [-0.4, -0.2) is 55.2 Å². The molecule has 2 aliphatic heterocycles. The number of hydrogen-bond donors (Lipinski definition) is 1. The summed E-state index contributed by atoms with van der Waals surface area (Å²) in [7, 11) is 4.39. The van der Waals surface area contributed by atoms with Gasteiger partial charge in [0.1, 0.15) is 23.6 Å². The number of esters is 1. The molecule has 0 unspecified atom stereocenters. The summed E-state index contributed by atoms with van der Waals surface area (Å²) < 4.78 is 16.1. The van der Waals surface area contributed by atoms with Crippen LogP contribution in [-0.2, 0) is 16.0 Å². The molecule has 1 fully saturated rings. The van der Waals surface area contributed by atoms with E-state index in [1.807, 2.05) is 30.3 Å². The number of ether oxygens (including phenoxy) is 3. The third-order valence-electron chi connectivity index (χ3n) is 7.33. The maximum absolute atomic E-state index is 14.2. The van der Waals surface area contributed by atoms with Crippen LogP contribution in [0.4, 0.5) is 10.5 Å². The van der Waals surface area contributed by atoms with Crippen molar-refractivity contribution in [3.8, 4) is 11.5 Å². The Morgan fingerprint density at radius 2 is 1.71 bits per heavy atom. The minimum absolute atomic E-state index is 0.135. The third-order valence-corrected chi connectivity index (χ3v) is 7.33. The van der Waals surface area contributed by atoms with Gasteiger partial charge in [-0.05, 0) is 42.0 Å². The van der Waals surface area contributed by atoms with Gasteiger partial charge >= 0.3 is 12.0 Å². The summed E-state index contributed by atoms with van der Waals surface area (Å²) in [5.74, 6) is 0.101. The van der Waals surface area contributed by atoms with Gasteiger partial charge in [0.25, 0.3) is 5.91 Å². The van der Waals surface area contributed by atoms with Crippen LogP contribution in [0.5, 0.6) is 11.5 Å². The Kier molecular flexibility index (Phi) is 5.56. The number of amides is 3. The molecule has 0 saturated carbocycles. The Morgan fingerprint density at radius 1 is 0.947 bits per heavy atom. The van der Waals surface area contributed by atoms with Gasteiger partial charge in [-0.3, -0.25) is 9.69 Å². The van der Waals surface area contributed by atoms with Crippen molar-refractivity contribution in [2.24, 2.45) is 0 Å². The van der Waals surface area contributed by atoms with Gasteiger partial charge in [-0.1, -0.05) is 30.3 Å². The van der Waals surface area contributed by atoms with E-state index in [-0.39, 0.29) is 11.3 Å². The number of carbonyl (C=O) groups excluding carboxylic acids is 3. The van der Waals surface area contributed by atoms with E-state index in [0.29, 0.717) is 23.5 Å². The molecule has 4 aromatic rings. The molecule has 2 atom stereocenters. The fourth-order valence-electron chi connectivity index (χ4n) is 5.63. The Labute approximate surface area is 218 Å². The quantitative estimate of drug-likeness (QED) is 0.314. The topological polar surface area (TPSA) is 101 Å². The molecule has 2 aliphatic rings. The molecule has 1 aromatic heterocycles. The molecule has 3 aromatic carbocycles. The van der Waals surface area contributed by atoms with Crippen LogP contribution in [0.15, 0.2) is 66.7 Å². The molecule has 0 bridgehead atoms.